The van der Waals surface area contributed by atoms with Crippen molar-refractivity contribution in [1.29, 1.82) is 0 Å². The molecule has 0 bridgehead atoms. The van der Waals surface area contributed by atoms with E-state index in [0.29, 0.717) is 23.9 Å². The summed E-state index contributed by atoms with van der Waals surface area (Å²) >= 11 is 0. The Morgan fingerprint density at radius 2 is 2.10 bits per heavy atom. The summed E-state index contributed by atoms with van der Waals surface area (Å²) in [5.74, 6) is 0.580. The summed E-state index contributed by atoms with van der Waals surface area (Å²) in [5, 5.41) is 12.3. The number of ether oxygens (including phenoxy) is 2. The highest BCUT2D eigenvalue weighted by Gasteiger charge is 2.39. The molecule has 1 unspecified atom stereocenters. The van der Waals surface area contributed by atoms with Crippen LogP contribution in [0.2, 0.25) is 0 Å². The average molecular weight is 305 g/mol. The molecule has 0 aromatic heterocycles. The van der Waals surface area contributed by atoms with E-state index in [1.54, 1.807) is 18.2 Å². The number of aliphatic hydroxyl groups excluding tert-OH is 1. The highest BCUT2D eigenvalue weighted by atomic mass is 19.4. The zero-order chi connectivity index (χ0) is 15.5. The summed E-state index contributed by atoms with van der Waals surface area (Å²) < 4.78 is 47.2. The van der Waals surface area contributed by atoms with Crippen molar-refractivity contribution < 1.29 is 27.8 Å². The molecule has 1 aromatic carbocycles. The van der Waals surface area contributed by atoms with Gasteiger partial charge in [0.15, 0.2) is 17.6 Å². The molecule has 21 heavy (non-hydrogen) atoms. The lowest BCUT2D eigenvalue weighted by molar-refractivity contribution is -0.210. The van der Waals surface area contributed by atoms with E-state index in [1.165, 1.54) is 7.11 Å². The molecule has 1 saturated carbocycles. The van der Waals surface area contributed by atoms with Gasteiger partial charge in [-0.3, -0.25) is 0 Å². The minimum Gasteiger partial charge on any atom is -0.493 e. The molecule has 1 fully saturated rings. The number of rotatable bonds is 7. The summed E-state index contributed by atoms with van der Waals surface area (Å²) in [6, 6.07) is 5.57. The Kier molecular flexibility index (Phi) is 4.95. The number of aliphatic hydroxyl groups is 1. The van der Waals surface area contributed by atoms with Crippen LogP contribution in [0.3, 0.4) is 0 Å². The van der Waals surface area contributed by atoms with Crippen molar-refractivity contribution in [2.45, 2.75) is 37.7 Å². The molecule has 0 spiro atoms. The molecule has 7 heteroatoms. The molecule has 1 aliphatic rings. The molecule has 4 nitrogen and oxygen atoms in total. The Morgan fingerprint density at radius 3 is 2.67 bits per heavy atom. The molecular weight excluding hydrogens is 287 g/mol. The fourth-order valence-corrected chi connectivity index (χ4v) is 1.82. The minimum absolute atomic E-state index is 0.233. The highest BCUT2D eigenvalue weighted by molar-refractivity contribution is 5.46. The molecule has 0 amide bonds. The van der Waals surface area contributed by atoms with Gasteiger partial charge in [-0.1, -0.05) is 12.1 Å². The average Bonchev–Trinajstić information content (AvgIpc) is 3.25. The molecule has 0 heterocycles. The van der Waals surface area contributed by atoms with E-state index in [2.05, 4.69) is 5.32 Å². The van der Waals surface area contributed by atoms with E-state index in [9.17, 15) is 13.2 Å². The quantitative estimate of drug-likeness (QED) is 0.811. The van der Waals surface area contributed by atoms with Gasteiger partial charge in [0.25, 0.3) is 0 Å². The standard InChI is InChI=1S/C14H18F3NO3/c1-20-11-4-2-3-9(7-18-10-5-6-10)13(11)21-8-12(19)14(15,16)17/h2-4,10,12,18-19H,5-8H2,1H3. The zero-order valence-corrected chi connectivity index (χ0v) is 11.6. The second-order valence-corrected chi connectivity index (χ2v) is 4.97. The van der Waals surface area contributed by atoms with E-state index in [-0.39, 0.29) is 5.75 Å². The first-order valence-corrected chi connectivity index (χ1v) is 6.68. The topological polar surface area (TPSA) is 50.7 Å². The molecule has 0 saturated heterocycles. The van der Waals surface area contributed by atoms with Gasteiger partial charge >= 0.3 is 6.18 Å². The second kappa shape index (κ2) is 6.53. The van der Waals surface area contributed by atoms with Crippen LogP contribution in [0, 0.1) is 0 Å². The van der Waals surface area contributed by atoms with Gasteiger partial charge in [-0.25, -0.2) is 0 Å². The van der Waals surface area contributed by atoms with Crippen LogP contribution < -0.4 is 14.8 Å². The van der Waals surface area contributed by atoms with Crippen molar-refractivity contribution in [3.8, 4) is 11.5 Å². The first-order chi connectivity index (χ1) is 9.91. The number of benzene rings is 1. The van der Waals surface area contributed by atoms with Crippen LogP contribution in [0.5, 0.6) is 11.5 Å². The smallest absolute Gasteiger partial charge is 0.417 e. The van der Waals surface area contributed by atoms with Crippen LogP contribution >= 0.6 is 0 Å². The zero-order valence-electron chi connectivity index (χ0n) is 11.6. The Bertz CT molecular complexity index is 475. The van der Waals surface area contributed by atoms with Gasteiger partial charge in [0.2, 0.25) is 0 Å². The fourth-order valence-electron chi connectivity index (χ4n) is 1.82. The van der Waals surface area contributed by atoms with Gasteiger partial charge in [0, 0.05) is 18.2 Å². The summed E-state index contributed by atoms with van der Waals surface area (Å²) in [6.45, 7) is -0.375. The Hall–Kier alpha value is -1.47. The molecule has 0 aliphatic heterocycles. The molecule has 118 valence electrons. The number of nitrogens with one attached hydrogen (secondary N) is 1. The molecule has 2 rings (SSSR count). The van der Waals surface area contributed by atoms with E-state index >= 15 is 0 Å². The van der Waals surface area contributed by atoms with Crippen LogP contribution in [-0.2, 0) is 6.54 Å². The maximum atomic E-state index is 12.3. The largest absolute Gasteiger partial charge is 0.493 e. The van der Waals surface area contributed by atoms with Gasteiger partial charge in [-0.2, -0.15) is 13.2 Å². The number of para-hydroxylation sites is 1. The van der Waals surface area contributed by atoms with E-state index < -0.39 is 18.9 Å². The van der Waals surface area contributed by atoms with Crippen molar-refractivity contribution in [3.05, 3.63) is 23.8 Å². The molecule has 1 atom stereocenters. The van der Waals surface area contributed by atoms with E-state index in [1.807, 2.05) is 0 Å². The lowest BCUT2D eigenvalue weighted by Gasteiger charge is -2.19. The van der Waals surface area contributed by atoms with Crippen molar-refractivity contribution in [3.63, 3.8) is 0 Å². The minimum atomic E-state index is -4.70. The number of alkyl halides is 3. The van der Waals surface area contributed by atoms with Gasteiger partial charge in [-0.15, -0.1) is 0 Å². The molecule has 1 aromatic rings. The Labute approximate surface area is 120 Å². The number of halogens is 3. The van der Waals surface area contributed by atoms with Gasteiger partial charge < -0.3 is 19.9 Å². The highest BCUT2D eigenvalue weighted by Crippen LogP contribution is 2.33. The van der Waals surface area contributed by atoms with Crippen LogP contribution in [0.4, 0.5) is 13.2 Å². The molecule has 1 aliphatic carbocycles. The third kappa shape index (κ3) is 4.50. The maximum Gasteiger partial charge on any atom is 0.417 e. The first-order valence-electron chi connectivity index (χ1n) is 6.68. The predicted octanol–water partition coefficient (Wildman–Crippen LogP) is 2.25. The third-order valence-electron chi connectivity index (χ3n) is 3.20. The normalized spacial score (nSPS) is 16.6. The summed E-state index contributed by atoms with van der Waals surface area (Å²) in [5.41, 5.74) is 0.704. The van der Waals surface area contributed by atoms with Gasteiger partial charge in [0.1, 0.15) is 6.61 Å². The van der Waals surface area contributed by atoms with Crippen molar-refractivity contribution in [2.24, 2.45) is 0 Å². The Morgan fingerprint density at radius 1 is 1.38 bits per heavy atom. The van der Waals surface area contributed by atoms with E-state index in [0.717, 1.165) is 12.8 Å². The van der Waals surface area contributed by atoms with Crippen molar-refractivity contribution in [2.75, 3.05) is 13.7 Å². The Balaban J connectivity index is 2.06. The summed E-state index contributed by atoms with van der Waals surface area (Å²) in [6.07, 6.45) is -5.01. The monoisotopic (exact) mass is 305 g/mol. The van der Waals surface area contributed by atoms with Crippen molar-refractivity contribution in [1.82, 2.24) is 5.32 Å². The van der Waals surface area contributed by atoms with Crippen LogP contribution in [-0.4, -0.2) is 37.1 Å². The maximum absolute atomic E-state index is 12.3. The third-order valence-corrected chi connectivity index (χ3v) is 3.20. The molecule has 2 N–H and O–H groups in total. The van der Waals surface area contributed by atoms with Gasteiger partial charge in [0.05, 0.1) is 7.11 Å². The molecular formula is C14H18F3NO3. The summed E-state index contributed by atoms with van der Waals surface area (Å²) in [4.78, 5) is 0. The fraction of sp³-hybridized carbons (Fsp3) is 0.571. The lowest BCUT2D eigenvalue weighted by Crippen LogP contribution is -2.34. The second-order valence-electron chi connectivity index (χ2n) is 4.97. The molecule has 0 radical (unpaired) electrons. The number of methoxy groups -OCH3 is 1. The lowest BCUT2D eigenvalue weighted by atomic mass is 10.2. The van der Waals surface area contributed by atoms with Crippen LogP contribution in [0.1, 0.15) is 18.4 Å². The summed E-state index contributed by atoms with van der Waals surface area (Å²) in [7, 11) is 1.42. The van der Waals surface area contributed by atoms with Crippen molar-refractivity contribution >= 4 is 0 Å². The van der Waals surface area contributed by atoms with Gasteiger partial charge in [-0.05, 0) is 18.9 Å². The number of hydrogen-bond donors (Lipinski definition) is 2. The SMILES string of the molecule is COc1cccc(CNC2CC2)c1OCC(O)C(F)(F)F. The number of hydrogen-bond acceptors (Lipinski definition) is 4. The van der Waals surface area contributed by atoms with E-state index in [4.69, 9.17) is 14.6 Å². The van der Waals surface area contributed by atoms with Crippen LogP contribution in [0.15, 0.2) is 18.2 Å². The first kappa shape index (κ1) is 15.9. The predicted molar refractivity (Wildman–Crippen MR) is 70.4 cm³/mol. The van der Waals surface area contributed by atoms with Crippen LogP contribution in [0.25, 0.3) is 0 Å².